The molecule has 0 spiro atoms. The minimum absolute atomic E-state index is 0.0574. The lowest BCUT2D eigenvalue weighted by Crippen LogP contribution is -2.59. The molecule has 1 unspecified atom stereocenters. The van der Waals surface area contributed by atoms with E-state index in [-0.39, 0.29) is 12.2 Å². The molecular formula is C20H20O5. The van der Waals surface area contributed by atoms with E-state index in [1.165, 1.54) is 0 Å². The minimum atomic E-state index is -0.890. The van der Waals surface area contributed by atoms with E-state index >= 15 is 0 Å². The summed E-state index contributed by atoms with van der Waals surface area (Å²) in [6.07, 6.45) is 2.39. The number of hydrogen-bond acceptors (Lipinski definition) is 5. The number of rotatable bonds is 5. The molecule has 130 valence electrons. The first kappa shape index (κ1) is 16.0. The second kappa shape index (κ2) is 6.10. The topological polar surface area (TPSA) is 57.2 Å². The van der Waals surface area contributed by atoms with E-state index in [4.69, 9.17) is 18.9 Å². The summed E-state index contributed by atoms with van der Waals surface area (Å²) in [5.41, 5.74) is 0.752. The maximum atomic E-state index is 11.2. The van der Waals surface area contributed by atoms with Crippen molar-refractivity contribution in [2.75, 3.05) is 14.2 Å². The van der Waals surface area contributed by atoms with E-state index in [1.54, 1.807) is 20.5 Å². The number of methoxy groups -OCH3 is 2. The third kappa shape index (κ3) is 2.39. The average Bonchev–Trinajstić information content (AvgIpc) is 3.04. The molecule has 1 fully saturated rings. The SMILES string of the molecule is COc1ccc(C(O)[C@@]2(c3ccc(OC)cc3)O[C@H]3OC=C[C@H]32)cc1. The van der Waals surface area contributed by atoms with Crippen LogP contribution in [0.25, 0.3) is 0 Å². The van der Waals surface area contributed by atoms with Crippen molar-refractivity contribution in [1.82, 2.24) is 0 Å². The molecule has 0 saturated carbocycles. The van der Waals surface area contributed by atoms with E-state index in [0.717, 1.165) is 22.6 Å². The van der Waals surface area contributed by atoms with Crippen LogP contribution in [0.2, 0.25) is 0 Å². The zero-order chi connectivity index (χ0) is 17.4. The van der Waals surface area contributed by atoms with Crippen molar-refractivity contribution in [3.63, 3.8) is 0 Å². The molecule has 2 aromatic carbocycles. The van der Waals surface area contributed by atoms with Crippen LogP contribution < -0.4 is 9.47 Å². The molecule has 2 heterocycles. The van der Waals surface area contributed by atoms with Gasteiger partial charge >= 0.3 is 0 Å². The third-order valence-electron chi connectivity index (χ3n) is 4.98. The quantitative estimate of drug-likeness (QED) is 0.906. The summed E-state index contributed by atoms with van der Waals surface area (Å²) in [4.78, 5) is 0. The molecule has 1 saturated heterocycles. The predicted molar refractivity (Wildman–Crippen MR) is 91.2 cm³/mol. The van der Waals surface area contributed by atoms with Crippen molar-refractivity contribution in [2.24, 2.45) is 5.92 Å². The van der Waals surface area contributed by atoms with E-state index in [9.17, 15) is 5.11 Å². The van der Waals surface area contributed by atoms with Gasteiger partial charge in [-0.15, -0.1) is 0 Å². The molecule has 5 nitrogen and oxygen atoms in total. The van der Waals surface area contributed by atoms with Crippen molar-refractivity contribution in [3.8, 4) is 11.5 Å². The van der Waals surface area contributed by atoms with Crippen LogP contribution in [-0.4, -0.2) is 25.6 Å². The van der Waals surface area contributed by atoms with Gasteiger partial charge in [0.2, 0.25) is 6.29 Å². The predicted octanol–water partition coefficient (Wildman–Crippen LogP) is 3.15. The fraction of sp³-hybridized carbons (Fsp3) is 0.300. The summed E-state index contributed by atoms with van der Waals surface area (Å²) in [6.45, 7) is 0. The summed E-state index contributed by atoms with van der Waals surface area (Å²) >= 11 is 0. The zero-order valence-electron chi connectivity index (χ0n) is 14.1. The number of hydrogen-bond donors (Lipinski definition) is 1. The van der Waals surface area contributed by atoms with Crippen LogP contribution in [0, 0.1) is 5.92 Å². The normalized spacial score (nSPS) is 27.8. The van der Waals surface area contributed by atoms with Crippen LogP contribution in [0.1, 0.15) is 17.2 Å². The summed E-state index contributed by atoms with van der Waals surface area (Å²) in [5.74, 6) is 1.44. The van der Waals surface area contributed by atoms with Crippen LogP contribution in [0.15, 0.2) is 60.9 Å². The van der Waals surface area contributed by atoms with Crippen LogP contribution in [-0.2, 0) is 15.1 Å². The minimum Gasteiger partial charge on any atom is -0.497 e. The molecule has 0 aromatic heterocycles. The smallest absolute Gasteiger partial charge is 0.209 e. The highest BCUT2D eigenvalue weighted by Crippen LogP contribution is 2.57. The van der Waals surface area contributed by atoms with Gasteiger partial charge in [-0.2, -0.15) is 0 Å². The van der Waals surface area contributed by atoms with Crippen molar-refractivity contribution in [3.05, 3.63) is 72.0 Å². The molecule has 25 heavy (non-hydrogen) atoms. The number of fused-ring (bicyclic) bond motifs is 1. The van der Waals surface area contributed by atoms with E-state index < -0.39 is 11.7 Å². The highest BCUT2D eigenvalue weighted by atomic mass is 16.7. The fourth-order valence-electron chi connectivity index (χ4n) is 3.58. The summed E-state index contributed by atoms with van der Waals surface area (Å²) in [7, 11) is 3.24. The first-order valence-corrected chi connectivity index (χ1v) is 8.15. The Bertz CT molecular complexity index is 768. The van der Waals surface area contributed by atoms with E-state index in [0.29, 0.717) is 0 Å². The average molecular weight is 340 g/mol. The second-order valence-corrected chi connectivity index (χ2v) is 6.17. The van der Waals surface area contributed by atoms with Crippen molar-refractivity contribution in [2.45, 2.75) is 18.0 Å². The van der Waals surface area contributed by atoms with Gasteiger partial charge in [0, 0.05) is 0 Å². The van der Waals surface area contributed by atoms with Gasteiger partial charge in [-0.1, -0.05) is 24.3 Å². The maximum Gasteiger partial charge on any atom is 0.209 e. The standard InChI is InChI=1S/C20H20O5/c1-22-15-7-3-13(4-8-15)18(21)20(17-11-12-24-19(17)25-20)14-5-9-16(23-2)10-6-14/h3-12,17-19,21H,1-2H3/t17-,18?,19-,20+/m1/s1. The monoisotopic (exact) mass is 340 g/mol. The largest absolute Gasteiger partial charge is 0.497 e. The molecule has 0 radical (unpaired) electrons. The summed E-state index contributed by atoms with van der Waals surface area (Å²) < 4.78 is 21.9. The first-order valence-electron chi connectivity index (χ1n) is 8.15. The Kier molecular flexibility index (Phi) is 3.90. The Morgan fingerprint density at radius 1 is 0.960 bits per heavy atom. The molecule has 2 aromatic rings. The maximum absolute atomic E-state index is 11.2. The molecule has 1 N–H and O–H groups in total. The van der Waals surface area contributed by atoms with Gasteiger partial charge in [-0.05, 0) is 41.5 Å². The molecule has 4 rings (SSSR count). The first-order chi connectivity index (χ1) is 12.2. The zero-order valence-corrected chi connectivity index (χ0v) is 14.1. The molecule has 0 aliphatic carbocycles. The Labute approximate surface area is 146 Å². The lowest BCUT2D eigenvalue weighted by Gasteiger charge is -2.53. The molecular weight excluding hydrogens is 320 g/mol. The number of aliphatic hydroxyl groups excluding tert-OH is 1. The van der Waals surface area contributed by atoms with E-state index in [1.807, 2.05) is 54.6 Å². The van der Waals surface area contributed by atoms with Crippen LogP contribution >= 0.6 is 0 Å². The van der Waals surface area contributed by atoms with Gasteiger partial charge in [0.15, 0.2) is 0 Å². The Morgan fingerprint density at radius 3 is 2.12 bits per heavy atom. The Balaban J connectivity index is 1.73. The van der Waals surface area contributed by atoms with Crippen molar-refractivity contribution in [1.29, 1.82) is 0 Å². The van der Waals surface area contributed by atoms with Gasteiger partial charge in [-0.3, -0.25) is 0 Å². The molecule has 4 atom stereocenters. The molecule has 2 aliphatic rings. The molecule has 0 amide bonds. The molecule has 5 heteroatoms. The van der Waals surface area contributed by atoms with E-state index in [2.05, 4.69) is 0 Å². The third-order valence-corrected chi connectivity index (χ3v) is 4.98. The lowest BCUT2D eigenvalue weighted by atomic mass is 9.70. The van der Waals surface area contributed by atoms with Gasteiger partial charge in [-0.25, -0.2) is 0 Å². The van der Waals surface area contributed by atoms with Crippen LogP contribution in [0.5, 0.6) is 11.5 Å². The van der Waals surface area contributed by atoms with Gasteiger partial charge in [0.1, 0.15) is 23.2 Å². The Hall–Kier alpha value is -2.50. The number of ether oxygens (including phenoxy) is 4. The molecule has 2 aliphatic heterocycles. The van der Waals surface area contributed by atoms with Crippen LogP contribution in [0.4, 0.5) is 0 Å². The fourth-order valence-corrected chi connectivity index (χ4v) is 3.58. The second-order valence-electron chi connectivity index (χ2n) is 6.17. The number of benzene rings is 2. The van der Waals surface area contributed by atoms with Gasteiger partial charge < -0.3 is 24.1 Å². The number of aliphatic hydroxyl groups is 1. The van der Waals surface area contributed by atoms with Crippen molar-refractivity contribution < 1.29 is 24.1 Å². The summed E-state index contributed by atoms with van der Waals surface area (Å²) in [6, 6.07) is 15.0. The highest BCUT2D eigenvalue weighted by molar-refractivity contribution is 5.39. The van der Waals surface area contributed by atoms with Crippen molar-refractivity contribution >= 4 is 0 Å². The van der Waals surface area contributed by atoms with Crippen LogP contribution in [0.3, 0.4) is 0 Å². The van der Waals surface area contributed by atoms with Gasteiger partial charge in [0.25, 0.3) is 0 Å². The molecule has 0 bridgehead atoms. The summed E-state index contributed by atoms with van der Waals surface area (Å²) in [5, 5.41) is 11.2. The Morgan fingerprint density at radius 2 is 1.56 bits per heavy atom. The highest BCUT2D eigenvalue weighted by Gasteiger charge is 2.62. The van der Waals surface area contributed by atoms with Gasteiger partial charge in [0.05, 0.1) is 26.4 Å². The lowest BCUT2D eigenvalue weighted by molar-refractivity contribution is -0.351.